The number of nitrogens with zero attached hydrogens (tertiary/aromatic N) is 1. The van der Waals surface area contributed by atoms with Crippen LogP contribution in [0.5, 0.6) is 0 Å². The number of hydrogen-bond acceptors (Lipinski definition) is 2. The van der Waals surface area contributed by atoms with Crippen molar-refractivity contribution >= 4 is 11.8 Å². The van der Waals surface area contributed by atoms with Gasteiger partial charge in [-0.25, -0.2) is 8.78 Å². The largest absolute Gasteiger partial charge is 0.353 e. The van der Waals surface area contributed by atoms with Gasteiger partial charge in [0.05, 0.1) is 5.56 Å². The molecule has 0 aliphatic carbocycles. The summed E-state index contributed by atoms with van der Waals surface area (Å²) in [6.07, 6.45) is 0.315. The van der Waals surface area contributed by atoms with E-state index in [1.807, 2.05) is 30.3 Å². The molecule has 0 radical (unpaired) electrons. The van der Waals surface area contributed by atoms with Crippen molar-refractivity contribution in [3.63, 3.8) is 0 Å². The Labute approximate surface area is 138 Å². The molecular weight excluding hydrogens is 314 g/mol. The molecule has 0 saturated carbocycles. The number of rotatable bonds is 3. The standard InChI is InChI=1S/C18H16F2N2O2/c19-14-8-4-7-13(16(14)20)18(24)22-10-9-21-17(23)15(22)11-12-5-2-1-3-6-12/h1-8,15H,9-11H2,(H,21,23). The van der Waals surface area contributed by atoms with Gasteiger partial charge in [0.1, 0.15) is 6.04 Å². The van der Waals surface area contributed by atoms with Gasteiger partial charge >= 0.3 is 0 Å². The Bertz CT molecular complexity index is 765. The van der Waals surface area contributed by atoms with Crippen LogP contribution in [0, 0.1) is 11.6 Å². The minimum Gasteiger partial charge on any atom is -0.353 e. The Morgan fingerprint density at radius 2 is 1.88 bits per heavy atom. The lowest BCUT2D eigenvalue weighted by atomic mass is 10.0. The quantitative estimate of drug-likeness (QED) is 0.937. The fraction of sp³-hybridized carbons (Fsp3) is 0.222. The van der Waals surface area contributed by atoms with Crippen LogP contribution < -0.4 is 5.32 Å². The maximum absolute atomic E-state index is 13.9. The van der Waals surface area contributed by atoms with E-state index in [2.05, 4.69) is 5.32 Å². The number of halogens is 2. The molecular formula is C18H16F2N2O2. The van der Waals surface area contributed by atoms with Crippen LogP contribution in [0.4, 0.5) is 8.78 Å². The summed E-state index contributed by atoms with van der Waals surface area (Å²) in [5, 5.41) is 2.71. The summed E-state index contributed by atoms with van der Waals surface area (Å²) in [4.78, 5) is 26.2. The molecule has 2 aromatic carbocycles. The van der Waals surface area contributed by atoms with Gasteiger partial charge in [-0.15, -0.1) is 0 Å². The Kier molecular flexibility index (Phi) is 4.55. The molecule has 2 amide bonds. The number of nitrogens with one attached hydrogen (secondary N) is 1. The third kappa shape index (κ3) is 3.13. The number of carbonyl (C=O) groups excluding carboxylic acids is 2. The van der Waals surface area contributed by atoms with Gasteiger partial charge in [0, 0.05) is 19.5 Å². The first kappa shape index (κ1) is 16.1. The molecule has 0 spiro atoms. The lowest BCUT2D eigenvalue weighted by Crippen LogP contribution is -2.58. The summed E-state index contributed by atoms with van der Waals surface area (Å²) in [6.45, 7) is 0.533. The molecule has 0 aromatic heterocycles. The fourth-order valence-electron chi connectivity index (χ4n) is 2.82. The molecule has 1 N–H and O–H groups in total. The molecule has 4 nitrogen and oxygen atoms in total. The van der Waals surface area contributed by atoms with Crippen LogP contribution in [0.15, 0.2) is 48.5 Å². The number of piperazine rings is 1. The summed E-state index contributed by atoms with van der Waals surface area (Å²) in [5.74, 6) is -3.24. The number of hydrogen-bond donors (Lipinski definition) is 1. The van der Waals surface area contributed by atoms with Crippen LogP contribution in [-0.4, -0.2) is 35.8 Å². The Morgan fingerprint density at radius 3 is 2.62 bits per heavy atom. The van der Waals surface area contributed by atoms with Gasteiger partial charge in [0.15, 0.2) is 11.6 Å². The Balaban J connectivity index is 1.90. The maximum atomic E-state index is 13.9. The SMILES string of the molecule is O=C1NCCN(C(=O)c2cccc(F)c2F)C1Cc1ccccc1. The molecule has 1 fully saturated rings. The average molecular weight is 330 g/mol. The van der Waals surface area contributed by atoms with E-state index in [1.165, 1.54) is 17.0 Å². The first-order valence-corrected chi connectivity index (χ1v) is 7.64. The van der Waals surface area contributed by atoms with Crippen molar-refractivity contribution in [2.45, 2.75) is 12.5 Å². The minimum atomic E-state index is -1.19. The zero-order valence-electron chi connectivity index (χ0n) is 12.8. The van der Waals surface area contributed by atoms with Crippen LogP contribution in [0.2, 0.25) is 0 Å². The smallest absolute Gasteiger partial charge is 0.257 e. The lowest BCUT2D eigenvalue weighted by Gasteiger charge is -2.35. The first-order valence-electron chi connectivity index (χ1n) is 7.64. The van der Waals surface area contributed by atoms with E-state index >= 15 is 0 Å². The monoisotopic (exact) mass is 330 g/mol. The fourth-order valence-corrected chi connectivity index (χ4v) is 2.82. The van der Waals surface area contributed by atoms with Crippen molar-refractivity contribution in [3.05, 3.63) is 71.3 Å². The summed E-state index contributed by atoms with van der Waals surface area (Å²) >= 11 is 0. The van der Waals surface area contributed by atoms with Crippen LogP contribution in [0.25, 0.3) is 0 Å². The predicted molar refractivity (Wildman–Crippen MR) is 84.3 cm³/mol. The predicted octanol–water partition coefficient (Wildman–Crippen LogP) is 2.15. The van der Waals surface area contributed by atoms with Crippen molar-refractivity contribution in [1.82, 2.24) is 10.2 Å². The highest BCUT2D eigenvalue weighted by molar-refractivity contribution is 5.98. The molecule has 2 aromatic rings. The summed E-state index contributed by atoms with van der Waals surface area (Å²) in [6, 6.07) is 12.0. The molecule has 1 heterocycles. The normalized spacial score (nSPS) is 17.5. The van der Waals surface area contributed by atoms with Gasteiger partial charge in [0.25, 0.3) is 5.91 Å². The molecule has 1 aliphatic heterocycles. The summed E-state index contributed by atoms with van der Waals surface area (Å²) in [5.41, 5.74) is 0.528. The van der Waals surface area contributed by atoms with E-state index in [4.69, 9.17) is 0 Å². The lowest BCUT2D eigenvalue weighted by molar-refractivity contribution is -0.127. The van der Waals surface area contributed by atoms with Crippen molar-refractivity contribution in [3.8, 4) is 0 Å². The van der Waals surface area contributed by atoms with E-state index < -0.39 is 23.6 Å². The molecule has 0 bridgehead atoms. The Morgan fingerprint density at radius 1 is 1.12 bits per heavy atom. The van der Waals surface area contributed by atoms with E-state index in [0.717, 1.165) is 11.6 Å². The van der Waals surface area contributed by atoms with E-state index in [-0.39, 0.29) is 24.6 Å². The van der Waals surface area contributed by atoms with Crippen molar-refractivity contribution in [2.24, 2.45) is 0 Å². The van der Waals surface area contributed by atoms with E-state index in [9.17, 15) is 18.4 Å². The van der Waals surface area contributed by atoms with Gasteiger partial charge in [-0.3, -0.25) is 9.59 Å². The Hall–Kier alpha value is -2.76. The van der Waals surface area contributed by atoms with Crippen molar-refractivity contribution in [1.29, 1.82) is 0 Å². The third-order valence-electron chi connectivity index (χ3n) is 4.05. The molecule has 3 rings (SSSR count). The zero-order chi connectivity index (χ0) is 17.1. The highest BCUT2D eigenvalue weighted by Crippen LogP contribution is 2.19. The second kappa shape index (κ2) is 6.78. The van der Waals surface area contributed by atoms with E-state index in [0.29, 0.717) is 6.42 Å². The minimum absolute atomic E-state index is 0.248. The van der Waals surface area contributed by atoms with Gasteiger partial charge < -0.3 is 10.2 Å². The molecule has 6 heteroatoms. The zero-order valence-corrected chi connectivity index (χ0v) is 12.8. The van der Waals surface area contributed by atoms with Crippen LogP contribution in [-0.2, 0) is 11.2 Å². The van der Waals surface area contributed by atoms with Gasteiger partial charge in [-0.05, 0) is 17.7 Å². The second-order valence-corrected chi connectivity index (χ2v) is 5.60. The van der Waals surface area contributed by atoms with Crippen LogP contribution in [0.1, 0.15) is 15.9 Å². The number of benzene rings is 2. The van der Waals surface area contributed by atoms with E-state index in [1.54, 1.807) is 0 Å². The average Bonchev–Trinajstić information content (AvgIpc) is 2.59. The first-order chi connectivity index (χ1) is 11.6. The van der Waals surface area contributed by atoms with Crippen LogP contribution >= 0.6 is 0 Å². The second-order valence-electron chi connectivity index (χ2n) is 5.60. The molecule has 1 atom stereocenters. The third-order valence-corrected chi connectivity index (χ3v) is 4.05. The van der Waals surface area contributed by atoms with Crippen molar-refractivity contribution < 1.29 is 18.4 Å². The van der Waals surface area contributed by atoms with Gasteiger partial charge in [0.2, 0.25) is 5.91 Å². The summed E-state index contributed by atoms with van der Waals surface area (Å²) < 4.78 is 27.3. The van der Waals surface area contributed by atoms with Gasteiger partial charge in [-0.2, -0.15) is 0 Å². The van der Waals surface area contributed by atoms with Gasteiger partial charge in [-0.1, -0.05) is 36.4 Å². The molecule has 1 unspecified atom stereocenters. The molecule has 124 valence electrons. The number of carbonyl (C=O) groups is 2. The topological polar surface area (TPSA) is 49.4 Å². The number of amides is 2. The highest BCUT2D eigenvalue weighted by atomic mass is 19.2. The maximum Gasteiger partial charge on any atom is 0.257 e. The summed E-state index contributed by atoms with van der Waals surface area (Å²) in [7, 11) is 0. The van der Waals surface area contributed by atoms with Crippen LogP contribution in [0.3, 0.4) is 0 Å². The molecule has 24 heavy (non-hydrogen) atoms. The molecule has 1 saturated heterocycles. The van der Waals surface area contributed by atoms with Crippen molar-refractivity contribution in [2.75, 3.05) is 13.1 Å². The highest BCUT2D eigenvalue weighted by Gasteiger charge is 2.34. The molecule has 1 aliphatic rings.